The zero-order valence-corrected chi connectivity index (χ0v) is 10.9. The van der Waals surface area contributed by atoms with Gasteiger partial charge in [0.15, 0.2) is 17.7 Å². The molecular formula is C14H15FN2O3. The Labute approximate surface area is 115 Å². The van der Waals surface area contributed by atoms with Crippen LogP contribution in [0, 0.1) is 5.82 Å². The van der Waals surface area contributed by atoms with E-state index in [1.165, 1.54) is 31.4 Å². The van der Waals surface area contributed by atoms with Crippen molar-refractivity contribution in [3.05, 3.63) is 48.2 Å². The van der Waals surface area contributed by atoms with E-state index in [1.54, 1.807) is 12.1 Å². The van der Waals surface area contributed by atoms with Gasteiger partial charge in [0.2, 0.25) is 0 Å². The van der Waals surface area contributed by atoms with Crippen LogP contribution in [0.5, 0.6) is 5.75 Å². The van der Waals surface area contributed by atoms with E-state index in [-0.39, 0.29) is 23.9 Å². The molecule has 0 aliphatic rings. The molecule has 1 aromatic heterocycles. The second-order valence-electron chi connectivity index (χ2n) is 4.22. The highest BCUT2D eigenvalue weighted by molar-refractivity contribution is 5.80. The Balaban J connectivity index is 1.94. The number of halogens is 1. The Hall–Kier alpha value is -2.50. The molecule has 1 heterocycles. The molecule has 1 amide bonds. The lowest BCUT2D eigenvalue weighted by Crippen LogP contribution is -2.36. The highest BCUT2D eigenvalue weighted by Gasteiger charge is 2.18. The smallest absolute Gasteiger partial charge is 0.261 e. The fourth-order valence-electron chi connectivity index (χ4n) is 1.61. The molecule has 0 aliphatic heterocycles. The monoisotopic (exact) mass is 278 g/mol. The first-order valence-electron chi connectivity index (χ1n) is 6.08. The molecule has 0 saturated heterocycles. The fraction of sp³-hybridized carbons (Fsp3) is 0.214. The summed E-state index contributed by atoms with van der Waals surface area (Å²) in [7, 11) is 0. The highest BCUT2D eigenvalue weighted by atomic mass is 19.1. The molecule has 2 aromatic rings. The number of nitrogens with one attached hydrogen (secondary N) is 1. The second kappa shape index (κ2) is 6.10. The standard InChI is InChI=1S/C14H15FN2O3/c1-9(14(18)17-8-10-4-3-7-19-10)20-13-11(15)5-2-6-12(13)16/h2-7,9H,8,16H2,1H3,(H,17,18). The number of anilines is 1. The van der Waals surface area contributed by atoms with E-state index in [4.69, 9.17) is 14.9 Å². The summed E-state index contributed by atoms with van der Waals surface area (Å²) < 4.78 is 23.9. The van der Waals surface area contributed by atoms with Crippen LogP contribution in [-0.2, 0) is 11.3 Å². The van der Waals surface area contributed by atoms with Gasteiger partial charge in [-0.15, -0.1) is 0 Å². The lowest BCUT2D eigenvalue weighted by atomic mass is 10.2. The number of amides is 1. The second-order valence-corrected chi connectivity index (χ2v) is 4.22. The van der Waals surface area contributed by atoms with Gasteiger partial charge in [-0.1, -0.05) is 6.07 Å². The van der Waals surface area contributed by atoms with Crippen LogP contribution in [0.15, 0.2) is 41.0 Å². The number of carbonyl (C=O) groups is 1. The number of hydrogen-bond donors (Lipinski definition) is 2. The summed E-state index contributed by atoms with van der Waals surface area (Å²) in [4.78, 5) is 11.8. The highest BCUT2D eigenvalue weighted by Crippen LogP contribution is 2.25. The third kappa shape index (κ3) is 3.28. The fourth-order valence-corrected chi connectivity index (χ4v) is 1.61. The van der Waals surface area contributed by atoms with E-state index in [0.717, 1.165) is 0 Å². The van der Waals surface area contributed by atoms with Crippen LogP contribution in [-0.4, -0.2) is 12.0 Å². The van der Waals surface area contributed by atoms with Crippen molar-refractivity contribution in [1.29, 1.82) is 0 Å². The summed E-state index contributed by atoms with van der Waals surface area (Å²) in [6, 6.07) is 7.66. The summed E-state index contributed by atoms with van der Waals surface area (Å²) in [5, 5.41) is 2.62. The molecule has 0 aliphatic carbocycles. The molecule has 0 spiro atoms. The number of carbonyl (C=O) groups excluding carboxylic acids is 1. The Kier molecular flexibility index (Phi) is 4.24. The number of hydrogen-bond acceptors (Lipinski definition) is 4. The summed E-state index contributed by atoms with van der Waals surface area (Å²) in [5.74, 6) is -0.483. The molecule has 1 atom stereocenters. The van der Waals surface area contributed by atoms with E-state index in [1.807, 2.05) is 0 Å². The quantitative estimate of drug-likeness (QED) is 0.821. The minimum Gasteiger partial charge on any atom is -0.476 e. The van der Waals surface area contributed by atoms with Gasteiger partial charge in [-0.05, 0) is 31.2 Å². The Morgan fingerprint density at radius 2 is 2.25 bits per heavy atom. The predicted octanol–water partition coefficient (Wildman–Crippen LogP) is 2.08. The predicted molar refractivity (Wildman–Crippen MR) is 71.5 cm³/mol. The van der Waals surface area contributed by atoms with Gasteiger partial charge in [-0.3, -0.25) is 4.79 Å². The van der Waals surface area contributed by atoms with Crippen LogP contribution in [0.3, 0.4) is 0 Å². The molecule has 106 valence electrons. The van der Waals surface area contributed by atoms with Crippen molar-refractivity contribution < 1.29 is 18.3 Å². The summed E-state index contributed by atoms with van der Waals surface area (Å²) >= 11 is 0. The lowest BCUT2D eigenvalue weighted by Gasteiger charge is -2.16. The van der Waals surface area contributed by atoms with Crippen molar-refractivity contribution >= 4 is 11.6 Å². The first-order valence-corrected chi connectivity index (χ1v) is 6.08. The molecule has 0 saturated carbocycles. The van der Waals surface area contributed by atoms with Crippen LogP contribution in [0.25, 0.3) is 0 Å². The van der Waals surface area contributed by atoms with Crippen molar-refractivity contribution in [2.45, 2.75) is 19.6 Å². The average Bonchev–Trinajstić information content (AvgIpc) is 2.93. The topological polar surface area (TPSA) is 77.5 Å². The largest absolute Gasteiger partial charge is 0.476 e. The molecule has 0 fully saturated rings. The number of benzene rings is 1. The Morgan fingerprint density at radius 3 is 2.90 bits per heavy atom. The maximum absolute atomic E-state index is 13.5. The van der Waals surface area contributed by atoms with Crippen molar-refractivity contribution in [3.8, 4) is 5.75 Å². The van der Waals surface area contributed by atoms with Crippen molar-refractivity contribution in [2.24, 2.45) is 0 Å². The molecule has 5 nitrogen and oxygen atoms in total. The zero-order chi connectivity index (χ0) is 14.5. The van der Waals surface area contributed by atoms with Crippen LogP contribution in [0.1, 0.15) is 12.7 Å². The van der Waals surface area contributed by atoms with Gasteiger partial charge >= 0.3 is 0 Å². The number of nitrogens with two attached hydrogens (primary N) is 1. The maximum atomic E-state index is 13.5. The first-order chi connectivity index (χ1) is 9.58. The average molecular weight is 278 g/mol. The van der Waals surface area contributed by atoms with E-state index < -0.39 is 11.9 Å². The van der Waals surface area contributed by atoms with Gasteiger partial charge in [0.25, 0.3) is 5.91 Å². The van der Waals surface area contributed by atoms with Gasteiger partial charge in [-0.25, -0.2) is 4.39 Å². The summed E-state index contributed by atoms with van der Waals surface area (Å²) in [6.45, 7) is 1.76. The van der Waals surface area contributed by atoms with Crippen molar-refractivity contribution in [3.63, 3.8) is 0 Å². The third-order valence-electron chi connectivity index (χ3n) is 2.68. The number of furan rings is 1. The normalized spacial score (nSPS) is 11.9. The van der Waals surface area contributed by atoms with Crippen LogP contribution in [0.4, 0.5) is 10.1 Å². The van der Waals surface area contributed by atoms with Crippen LogP contribution in [0.2, 0.25) is 0 Å². The maximum Gasteiger partial charge on any atom is 0.261 e. The van der Waals surface area contributed by atoms with Gasteiger partial charge in [0, 0.05) is 0 Å². The van der Waals surface area contributed by atoms with E-state index in [0.29, 0.717) is 5.76 Å². The molecular weight excluding hydrogens is 263 g/mol. The van der Waals surface area contributed by atoms with Crippen LogP contribution >= 0.6 is 0 Å². The SMILES string of the molecule is CC(Oc1c(N)cccc1F)C(=O)NCc1ccco1. The molecule has 0 bridgehead atoms. The van der Waals surface area contributed by atoms with Crippen molar-refractivity contribution in [2.75, 3.05) is 5.73 Å². The van der Waals surface area contributed by atoms with Crippen LogP contribution < -0.4 is 15.8 Å². The van der Waals surface area contributed by atoms with E-state index >= 15 is 0 Å². The van der Waals surface area contributed by atoms with Gasteiger partial charge < -0.3 is 20.2 Å². The molecule has 3 N–H and O–H groups in total. The van der Waals surface area contributed by atoms with Gasteiger partial charge in [0.05, 0.1) is 18.5 Å². The molecule has 20 heavy (non-hydrogen) atoms. The molecule has 2 rings (SSSR count). The lowest BCUT2D eigenvalue weighted by molar-refractivity contribution is -0.127. The van der Waals surface area contributed by atoms with E-state index in [9.17, 15) is 9.18 Å². The number of para-hydroxylation sites is 1. The number of ether oxygens (including phenoxy) is 1. The first kappa shape index (κ1) is 13.9. The van der Waals surface area contributed by atoms with E-state index in [2.05, 4.69) is 5.32 Å². The van der Waals surface area contributed by atoms with Crippen molar-refractivity contribution in [1.82, 2.24) is 5.32 Å². The number of nitrogen functional groups attached to an aromatic ring is 1. The zero-order valence-electron chi connectivity index (χ0n) is 10.9. The van der Waals surface area contributed by atoms with Gasteiger partial charge in [-0.2, -0.15) is 0 Å². The molecule has 6 heteroatoms. The van der Waals surface area contributed by atoms with Gasteiger partial charge in [0.1, 0.15) is 5.76 Å². The Morgan fingerprint density at radius 1 is 1.45 bits per heavy atom. The molecule has 0 radical (unpaired) electrons. The minimum absolute atomic E-state index is 0.117. The summed E-state index contributed by atoms with van der Waals surface area (Å²) in [6.07, 6.45) is 0.644. The molecule has 1 unspecified atom stereocenters. The minimum atomic E-state index is -0.871. The molecule has 1 aromatic carbocycles. The Bertz CT molecular complexity index is 564. The summed E-state index contributed by atoms with van der Waals surface area (Å²) in [5.41, 5.74) is 5.76. The number of rotatable bonds is 5. The third-order valence-corrected chi connectivity index (χ3v) is 2.68.